The molecule has 0 aliphatic carbocycles. The van der Waals surface area contributed by atoms with Crippen molar-refractivity contribution in [1.82, 2.24) is 0 Å². The number of hydrogen-bond donors (Lipinski definition) is 0. The number of benzene rings is 3. The first-order valence-electron chi connectivity index (χ1n) is 11.3. The van der Waals surface area contributed by atoms with E-state index in [1.54, 1.807) is 12.1 Å². The number of para-hydroxylation sites is 3. The minimum Gasteiger partial charge on any atom is -0.491 e. The van der Waals surface area contributed by atoms with Crippen LogP contribution < -0.4 is 14.5 Å². The molecule has 0 fully saturated rings. The standard InChI is InChI=1S/C28H28N2O3/c1-4-19-33-24-14-10-9-13-23(24)30-27(31)25(21-17-15-20(3)16-18-21)26(28(30)32)29(5-2)22-11-7-6-8-12-22/h6-18H,4-5,19H2,1-3H3. The zero-order valence-electron chi connectivity index (χ0n) is 19.2. The van der Waals surface area contributed by atoms with Crippen molar-refractivity contribution in [2.75, 3.05) is 23.0 Å². The van der Waals surface area contributed by atoms with Crippen LogP contribution in [0.25, 0.3) is 5.57 Å². The van der Waals surface area contributed by atoms with Gasteiger partial charge in [0.15, 0.2) is 0 Å². The first kappa shape index (κ1) is 22.3. The van der Waals surface area contributed by atoms with E-state index < -0.39 is 0 Å². The largest absolute Gasteiger partial charge is 0.491 e. The van der Waals surface area contributed by atoms with Crippen LogP contribution in [-0.4, -0.2) is 25.0 Å². The van der Waals surface area contributed by atoms with E-state index in [2.05, 4.69) is 0 Å². The summed E-state index contributed by atoms with van der Waals surface area (Å²) in [6.07, 6.45) is 0.825. The summed E-state index contributed by atoms with van der Waals surface area (Å²) < 4.78 is 5.88. The van der Waals surface area contributed by atoms with E-state index in [-0.39, 0.29) is 11.8 Å². The molecule has 0 atom stereocenters. The number of rotatable bonds is 8. The molecule has 2 amide bonds. The number of ether oxygens (including phenoxy) is 1. The van der Waals surface area contributed by atoms with Crippen molar-refractivity contribution in [2.24, 2.45) is 0 Å². The number of carbonyl (C=O) groups excluding carboxylic acids is 2. The van der Waals surface area contributed by atoms with Gasteiger partial charge in [0.2, 0.25) is 0 Å². The summed E-state index contributed by atoms with van der Waals surface area (Å²) in [5, 5.41) is 0. The molecule has 0 unspecified atom stereocenters. The third kappa shape index (κ3) is 4.27. The summed E-state index contributed by atoms with van der Waals surface area (Å²) in [6, 6.07) is 24.6. The van der Waals surface area contributed by atoms with Gasteiger partial charge in [-0.3, -0.25) is 9.59 Å². The predicted octanol–water partition coefficient (Wildman–Crippen LogP) is 5.59. The normalized spacial score (nSPS) is 13.6. The zero-order chi connectivity index (χ0) is 23.4. The molecule has 0 aromatic heterocycles. The van der Waals surface area contributed by atoms with Gasteiger partial charge in [0.25, 0.3) is 11.8 Å². The van der Waals surface area contributed by atoms with Crippen molar-refractivity contribution in [1.29, 1.82) is 0 Å². The predicted molar refractivity (Wildman–Crippen MR) is 132 cm³/mol. The topological polar surface area (TPSA) is 49.9 Å². The Kier molecular flexibility index (Phi) is 6.59. The molecule has 0 spiro atoms. The Morgan fingerprint density at radius 2 is 1.48 bits per heavy atom. The third-order valence-corrected chi connectivity index (χ3v) is 5.62. The van der Waals surface area contributed by atoms with Crippen molar-refractivity contribution >= 4 is 28.8 Å². The highest BCUT2D eigenvalue weighted by Gasteiger charge is 2.43. The molecular formula is C28H28N2O3. The number of aryl methyl sites for hydroxylation is 1. The molecule has 0 saturated carbocycles. The second-order valence-electron chi connectivity index (χ2n) is 7.93. The van der Waals surface area contributed by atoms with Gasteiger partial charge in [-0.1, -0.05) is 67.1 Å². The summed E-state index contributed by atoms with van der Waals surface area (Å²) in [7, 11) is 0. The van der Waals surface area contributed by atoms with Crippen LogP contribution in [0, 0.1) is 6.92 Å². The van der Waals surface area contributed by atoms with Gasteiger partial charge in [0, 0.05) is 12.2 Å². The van der Waals surface area contributed by atoms with E-state index >= 15 is 0 Å². The van der Waals surface area contributed by atoms with E-state index in [9.17, 15) is 9.59 Å². The van der Waals surface area contributed by atoms with Crippen molar-refractivity contribution in [3.8, 4) is 5.75 Å². The number of imide groups is 1. The Balaban J connectivity index is 1.88. The van der Waals surface area contributed by atoms with Crippen LogP contribution in [-0.2, 0) is 9.59 Å². The Morgan fingerprint density at radius 3 is 2.15 bits per heavy atom. The molecule has 1 aliphatic rings. The van der Waals surface area contributed by atoms with Gasteiger partial charge in [0.05, 0.1) is 17.9 Å². The molecule has 168 valence electrons. The Morgan fingerprint density at radius 1 is 0.818 bits per heavy atom. The average molecular weight is 441 g/mol. The monoisotopic (exact) mass is 440 g/mol. The highest BCUT2D eigenvalue weighted by molar-refractivity contribution is 6.46. The first-order chi connectivity index (χ1) is 16.1. The molecule has 4 rings (SSSR count). The van der Waals surface area contributed by atoms with Crippen LogP contribution in [0.5, 0.6) is 5.75 Å². The molecule has 0 bridgehead atoms. The van der Waals surface area contributed by atoms with E-state index in [0.717, 1.165) is 23.2 Å². The smallest absolute Gasteiger partial charge is 0.282 e. The van der Waals surface area contributed by atoms with E-state index in [1.165, 1.54) is 4.90 Å². The summed E-state index contributed by atoms with van der Waals surface area (Å²) in [4.78, 5) is 30.9. The average Bonchev–Trinajstić information content (AvgIpc) is 3.09. The maximum atomic E-state index is 13.9. The molecule has 5 heteroatoms. The Labute approximate surface area is 194 Å². The minimum absolute atomic E-state index is 0.346. The summed E-state index contributed by atoms with van der Waals surface area (Å²) in [5.74, 6) is -0.178. The summed E-state index contributed by atoms with van der Waals surface area (Å²) >= 11 is 0. The Bertz CT molecular complexity index is 1180. The third-order valence-electron chi connectivity index (χ3n) is 5.62. The second-order valence-corrected chi connectivity index (χ2v) is 7.93. The number of likely N-dealkylation sites (N-methyl/N-ethyl adjacent to an activating group) is 1. The van der Waals surface area contributed by atoms with E-state index in [1.807, 2.05) is 92.4 Å². The fourth-order valence-corrected chi connectivity index (χ4v) is 4.02. The summed E-state index contributed by atoms with van der Waals surface area (Å²) in [5.41, 5.74) is 3.91. The SMILES string of the molecule is CCCOc1ccccc1N1C(=O)C(c2ccc(C)cc2)=C(N(CC)c2ccccc2)C1=O. The molecule has 0 saturated heterocycles. The molecular weight excluding hydrogens is 412 g/mol. The van der Waals surface area contributed by atoms with Crippen LogP contribution in [0.3, 0.4) is 0 Å². The van der Waals surface area contributed by atoms with Crippen molar-refractivity contribution in [3.05, 3.63) is 95.7 Å². The molecule has 1 heterocycles. The maximum Gasteiger partial charge on any atom is 0.282 e. The maximum absolute atomic E-state index is 13.9. The van der Waals surface area contributed by atoms with Crippen molar-refractivity contribution in [3.63, 3.8) is 0 Å². The van der Waals surface area contributed by atoms with Gasteiger partial charge in [-0.05, 0) is 50.1 Å². The number of anilines is 2. The number of carbonyl (C=O) groups is 2. The fourth-order valence-electron chi connectivity index (χ4n) is 4.02. The second kappa shape index (κ2) is 9.74. The molecule has 5 nitrogen and oxygen atoms in total. The molecule has 3 aromatic rings. The van der Waals surface area contributed by atoms with Gasteiger partial charge >= 0.3 is 0 Å². The zero-order valence-corrected chi connectivity index (χ0v) is 19.2. The Hall–Kier alpha value is -3.86. The molecule has 3 aromatic carbocycles. The summed E-state index contributed by atoms with van der Waals surface area (Å²) in [6.45, 7) is 7.03. The molecule has 0 N–H and O–H groups in total. The lowest BCUT2D eigenvalue weighted by molar-refractivity contribution is -0.120. The lowest BCUT2D eigenvalue weighted by Gasteiger charge is -2.25. The van der Waals surface area contributed by atoms with Gasteiger partial charge in [-0.25, -0.2) is 4.90 Å². The van der Waals surface area contributed by atoms with Crippen molar-refractivity contribution < 1.29 is 14.3 Å². The molecule has 1 aliphatic heterocycles. The lowest BCUT2D eigenvalue weighted by atomic mass is 10.0. The van der Waals surface area contributed by atoms with E-state index in [0.29, 0.717) is 35.9 Å². The quantitative estimate of drug-likeness (QED) is 0.428. The number of nitrogens with zero attached hydrogens (tertiary/aromatic N) is 2. The number of hydrogen-bond acceptors (Lipinski definition) is 4. The van der Waals surface area contributed by atoms with Gasteiger partial charge < -0.3 is 9.64 Å². The fraction of sp³-hybridized carbons (Fsp3) is 0.214. The number of amides is 2. The molecule has 0 radical (unpaired) electrons. The minimum atomic E-state index is -0.353. The first-order valence-corrected chi connectivity index (χ1v) is 11.3. The van der Waals surface area contributed by atoms with Crippen LogP contribution in [0.4, 0.5) is 11.4 Å². The lowest BCUT2D eigenvalue weighted by Crippen LogP contribution is -2.35. The van der Waals surface area contributed by atoms with Gasteiger partial charge in [-0.15, -0.1) is 0 Å². The van der Waals surface area contributed by atoms with Crippen molar-refractivity contribution in [2.45, 2.75) is 27.2 Å². The highest BCUT2D eigenvalue weighted by atomic mass is 16.5. The van der Waals surface area contributed by atoms with Gasteiger partial charge in [-0.2, -0.15) is 0 Å². The van der Waals surface area contributed by atoms with Crippen LogP contribution in [0.2, 0.25) is 0 Å². The van der Waals surface area contributed by atoms with Crippen LogP contribution in [0.1, 0.15) is 31.4 Å². The molecule has 33 heavy (non-hydrogen) atoms. The van der Waals surface area contributed by atoms with Crippen LogP contribution in [0.15, 0.2) is 84.6 Å². The van der Waals surface area contributed by atoms with Gasteiger partial charge in [0.1, 0.15) is 11.4 Å². The highest BCUT2D eigenvalue weighted by Crippen LogP contribution is 2.39. The van der Waals surface area contributed by atoms with E-state index in [4.69, 9.17) is 4.74 Å². The van der Waals surface area contributed by atoms with Crippen LogP contribution >= 0.6 is 0 Å².